The van der Waals surface area contributed by atoms with Crippen LogP contribution in [0.25, 0.3) is 0 Å². The summed E-state index contributed by atoms with van der Waals surface area (Å²) in [4.78, 5) is 11.9. The first-order chi connectivity index (χ1) is 17.6. The summed E-state index contributed by atoms with van der Waals surface area (Å²) < 4.78 is 24.8. The third-order valence-electron chi connectivity index (χ3n) is 5.86. The standard InChI is InChI=1S/C29H32O6S/c1-21(30)36-29-26(31)28(34-19-24-15-9-4-10-16-24)27(33-18-23-13-7-3-8-14-23)25(35-29)20-32-17-22-11-5-2-6-12-22/h2-16,25-29,31H,17-20H2,1H3/t25?,26?,27-,28?,29-/m1/s1. The zero-order valence-electron chi connectivity index (χ0n) is 20.3. The van der Waals surface area contributed by atoms with E-state index in [0.717, 1.165) is 28.5 Å². The number of aliphatic hydroxyl groups excluding tert-OH is 1. The van der Waals surface area contributed by atoms with Crippen molar-refractivity contribution in [2.45, 2.75) is 56.6 Å². The molecule has 6 nitrogen and oxygen atoms in total. The molecule has 36 heavy (non-hydrogen) atoms. The van der Waals surface area contributed by atoms with Crippen molar-refractivity contribution in [3.05, 3.63) is 108 Å². The Hall–Kier alpha value is -2.52. The highest BCUT2D eigenvalue weighted by Gasteiger charge is 2.47. The van der Waals surface area contributed by atoms with Gasteiger partial charge in [-0.2, -0.15) is 0 Å². The molecule has 190 valence electrons. The van der Waals surface area contributed by atoms with Gasteiger partial charge in [0, 0.05) is 6.92 Å². The fourth-order valence-electron chi connectivity index (χ4n) is 4.08. The summed E-state index contributed by atoms with van der Waals surface area (Å²) in [6.45, 7) is 2.71. The molecule has 1 fully saturated rings. The summed E-state index contributed by atoms with van der Waals surface area (Å²) >= 11 is 0.957. The maximum atomic E-state index is 11.9. The van der Waals surface area contributed by atoms with E-state index in [9.17, 15) is 9.90 Å². The van der Waals surface area contributed by atoms with Gasteiger partial charge in [-0.25, -0.2) is 0 Å². The fraction of sp³-hybridized carbons (Fsp3) is 0.345. The molecule has 0 aromatic heterocycles. The van der Waals surface area contributed by atoms with Crippen molar-refractivity contribution in [1.82, 2.24) is 0 Å². The Bertz CT molecular complexity index is 1050. The van der Waals surface area contributed by atoms with Crippen molar-refractivity contribution in [2.24, 2.45) is 0 Å². The molecule has 1 heterocycles. The van der Waals surface area contributed by atoms with Crippen LogP contribution in [0.4, 0.5) is 0 Å². The van der Waals surface area contributed by atoms with Crippen molar-refractivity contribution < 1.29 is 28.8 Å². The van der Waals surface area contributed by atoms with E-state index in [4.69, 9.17) is 18.9 Å². The van der Waals surface area contributed by atoms with Crippen LogP contribution in [0, 0.1) is 0 Å². The van der Waals surface area contributed by atoms with E-state index >= 15 is 0 Å². The largest absolute Gasteiger partial charge is 0.387 e. The maximum Gasteiger partial charge on any atom is 0.188 e. The number of ether oxygens (including phenoxy) is 4. The van der Waals surface area contributed by atoms with Crippen LogP contribution in [0.3, 0.4) is 0 Å². The molecule has 1 aliphatic heterocycles. The lowest BCUT2D eigenvalue weighted by Crippen LogP contribution is -2.59. The normalized spacial score (nSPS) is 23.9. The molecule has 3 aromatic carbocycles. The molecule has 1 aliphatic rings. The number of hydrogen-bond donors (Lipinski definition) is 1. The number of benzene rings is 3. The van der Waals surface area contributed by atoms with Crippen LogP contribution in [0.2, 0.25) is 0 Å². The third kappa shape index (κ3) is 7.74. The second-order valence-electron chi connectivity index (χ2n) is 8.67. The van der Waals surface area contributed by atoms with Gasteiger partial charge in [0.05, 0.1) is 26.4 Å². The predicted octanol–water partition coefficient (Wildman–Crippen LogP) is 4.74. The Morgan fingerprint density at radius 2 is 1.25 bits per heavy atom. The van der Waals surface area contributed by atoms with Crippen LogP contribution in [0.15, 0.2) is 91.0 Å². The molecule has 0 spiro atoms. The van der Waals surface area contributed by atoms with E-state index in [2.05, 4.69) is 0 Å². The van der Waals surface area contributed by atoms with Crippen molar-refractivity contribution >= 4 is 16.9 Å². The highest BCUT2D eigenvalue weighted by atomic mass is 32.2. The molecule has 7 heteroatoms. The molecule has 4 rings (SSSR count). The van der Waals surface area contributed by atoms with Gasteiger partial charge in [0.15, 0.2) is 5.12 Å². The lowest BCUT2D eigenvalue weighted by atomic mass is 9.99. The zero-order valence-corrected chi connectivity index (χ0v) is 21.1. The summed E-state index contributed by atoms with van der Waals surface area (Å²) in [6, 6.07) is 29.5. The SMILES string of the molecule is CC(=O)S[C@H]1OC(COCc2ccccc2)[C@@H](OCc2ccccc2)C(OCc2ccccc2)C1O. The van der Waals surface area contributed by atoms with Gasteiger partial charge in [-0.3, -0.25) is 4.79 Å². The van der Waals surface area contributed by atoms with Crippen molar-refractivity contribution in [1.29, 1.82) is 0 Å². The number of aliphatic hydroxyl groups is 1. The Morgan fingerprint density at radius 3 is 1.75 bits per heavy atom. The zero-order chi connectivity index (χ0) is 25.2. The average Bonchev–Trinajstić information content (AvgIpc) is 2.90. The molecule has 0 bridgehead atoms. The summed E-state index contributed by atoms with van der Waals surface area (Å²) in [5.74, 6) is 0. The minimum atomic E-state index is -1.06. The van der Waals surface area contributed by atoms with E-state index in [1.807, 2.05) is 91.0 Å². The molecular formula is C29H32O6S. The monoisotopic (exact) mass is 508 g/mol. The Labute approximate surface area is 216 Å². The molecule has 1 N–H and O–H groups in total. The van der Waals surface area contributed by atoms with E-state index in [1.165, 1.54) is 6.92 Å². The highest BCUT2D eigenvalue weighted by molar-refractivity contribution is 8.14. The molecule has 3 unspecified atom stereocenters. The van der Waals surface area contributed by atoms with Crippen LogP contribution in [0.5, 0.6) is 0 Å². The number of carbonyl (C=O) groups excluding carboxylic acids is 1. The second-order valence-corrected chi connectivity index (χ2v) is 9.94. The summed E-state index contributed by atoms with van der Waals surface area (Å²) in [5, 5.41) is 11.1. The number of thioether (sulfide) groups is 1. The van der Waals surface area contributed by atoms with Crippen molar-refractivity contribution in [2.75, 3.05) is 6.61 Å². The first-order valence-electron chi connectivity index (χ1n) is 12.0. The number of carbonyl (C=O) groups is 1. The number of rotatable bonds is 11. The summed E-state index contributed by atoms with van der Waals surface area (Å²) in [5.41, 5.74) is 2.23. The maximum absolute atomic E-state index is 11.9. The number of hydrogen-bond acceptors (Lipinski definition) is 7. The van der Waals surface area contributed by atoms with Crippen molar-refractivity contribution in [3.8, 4) is 0 Å². The molecular weight excluding hydrogens is 476 g/mol. The van der Waals surface area contributed by atoms with Crippen LogP contribution in [0.1, 0.15) is 23.6 Å². The van der Waals surface area contributed by atoms with Crippen LogP contribution in [-0.4, -0.2) is 46.7 Å². The van der Waals surface area contributed by atoms with E-state index < -0.39 is 29.9 Å². The molecule has 1 saturated heterocycles. The molecule has 3 aromatic rings. The van der Waals surface area contributed by atoms with Gasteiger partial charge in [-0.05, 0) is 16.7 Å². The van der Waals surface area contributed by atoms with E-state index in [0.29, 0.717) is 19.8 Å². The first-order valence-corrected chi connectivity index (χ1v) is 12.9. The van der Waals surface area contributed by atoms with Gasteiger partial charge in [-0.15, -0.1) is 0 Å². The lowest BCUT2D eigenvalue weighted by Gasteiger charge is -2.44. The van der Waals surface area contributed by atoms with Crippen LogP contribution < -0.4 is 0 Å². The fourth-order valence-corrected chi connectivity index (χ4v) is 4.90. The smallest absolute Gasteiger partial charge is 0.188 e. The molecule has 0 saturated carbocycles. The van der Waals surface area contributed by atoms with Gasteiger partial charge in [0.1, 0.15) is 29.9 Å². The molecule has 5 atom stereocenters. The lowest BCUT2D eigenvalue weighted by molar-refractivity contribution is -0.243. The summed E-state index contributed by atoms with van der Waals surface area (Å²) in [7, 11) is 0. The second kappa shape index (κ2) is 13.7. The molecule has 0 radical (unpaired) electrons. The first kappa shape index (κ1) is 26.5. The van der Waals surface area contributed by atoms with Gasteiger partial charge in [-0.1, -0.05) is 103 Å². The van der Waals surface area contributed by atoms with Crippen LogP contribution in [-0.2, 0) is 43.6 Å². The predicted molar refractivity (Wildman–Crippen MR) is 139 cm³/mol. The molecule has 0 aliphatic carbocycles. The third-order valence-corrected chi connectivity index (χ3v) is 6.82. The quantitative estimate of drug-likeness (QED) is 0.401. The minimum Gasteiger partial charge on any atom is -0.387 e. The van der Waals surface area contributed by atoms with Gasteiger partial charge in [0.25, 0.3) is 0 Å². The van der Waals surface area contributed by atoms with Gasteiger partial charge >= 0.3 is 0 Å². The van der Waals surface area contributed by atoms with Crippen LogP contribution >= 0.6 is 11.8 Å². The topological polar surface area (TPSA) is 74.2 Å². The van der Waals surface area contributed by atoms with Gasteiger partial charge in [0.2, 0.25) is 0 Å². The highest BCUT2D eigenvalue weighted by Crippen LogP contribution is 2.33. The molecule has 0 amide bonds. The minimum absolute atomic E-state index is 0.145. The average molecular weight is 509 g/mol. The van der Waals surface area contributed by atoms with Gasteiger partial charge < -0.3 is 24.1 Å². The Kier molecular flexibility index (Phi) is 10.1. The Morgan fingerprint density at radius 1 is 0.778 bits per heavy atom. The Balaban J connectivity index is 1.52. The van der Waals surface area contributed by atoms with Crippen molar-refractivity contribution in [3.63, 3.8) is 0 Å². The summed E-state index contributed by atoms with van der Waals surface area (Å²) in [6.07, 6.45) is -2.93. The van der Waals surface area contributed by atoms with E-state index in [1.54, 1.807) is 0 Å². The van der Waals surface area contributed by atoms with E-state index in [-0.39, 0.29) is 11.7 Å².